The predicted molar refractivity (Wildman–Crippen MR) is 83.6 cm³/mol. The molecule has 0 fully saturated rings. The minimum Gasteiger partial charge on any atom is -0.330 e. The van der Waals surface area contributed by atoms with E-state index in [4.69, 9.17) is 10.7 Å². The van der Waals surface area contributed by atoms with Crippen LogP contribution >= 0.6 is 0 Å². The molecule has 1 aromatic heterocycles. The highest BCUT2D eigenvalue weighted by atomic mass is 14.9. The number of hydrogen-bond donors (Lipinski definition) is 1. The Hall–Kier alpha value is -1.74. The molecule has 2 N–H and O–H groups in total. The number of nitrogens with zero attached hydrogens (tertiary/aromatic N) is 2. The van der Waals surface area contributed by atoms with Crippen LogP contribution < -0.4 is 5.73 Å². The highest BCUT2D eigenvalue weighted by Gasteiger charge is 2.23. The van der Waals surface area contributed by atoms with Crippen LogP contribution in [0.15, 0.2) is 30.5 Å². The molecule has 0 amide bonds. The van der Waals surface area contributed by atoms with E-state index in [1.807, 2.05) is 12.3 Å². The highest BCUT2D eigenvalue weighted by molar-refractivity contribution is 5.64. The summed E-state index contributed by atoms with van der Waals surface area (Å²) in [5.41, 5.74) is 10.2. The molecular formula is C17H23N3. The molecule has 0 saturated carbocycles. The first-order chi connectivity index (χ1) is 9.44. The normalized spacial score (nSPS) is 11.7. The molecule has 0 atom stereocenters. The van der Waals surface area contributed by atoms with E-state index in [0.29, 0.717) is 6.54 Å². The van der Waals surface area contributed by atoms with Gasteiger partial charge in [0, 0.05) is 17.2 Å². The quantitative estimate of drug-likeness (QED) is 0.925. The van der Waals surface area contributed by atoms with Gasteiger partial charge in [-0.3, -0.25) is 0 Å². The van der Waals surface area contributed by atoms with Crippen molar-refractivity contribution in [2.45, 2.75) is 39.5 Å². The Morgan fingerprint density at radius 3 is 2.60 bits per heavy atom. The lowest BCUT2D eigenvalue weighted by Crippen LogP contribution is -2.24. The topological polar surface area (TPSA) is 51.8 Å². The SMILES string of the molecule is Cc1ccc(C)c(-c2ccnc(C(C)(C)CCN)n2)c1. The lowest BCUT2D eigenvalue weighted by Gasteiger charge is -2.22. The van der Waals surface area contributed by atoms with Crippen molar-refractivity contribution in [1.82, 2.24) is 9.97 Å². The molecule has 0 aliphatic carbocycles. The molecule has 2 aromatic rings. The Labute approximate surface area is 121 Å². The summed E-state index contributed by atoms with van der Waals surface area (Å²) >= 11 is 0. The third-order valence-electron chi connectivity index (χ3n) is 3.70. The molecule has 0 spiro atoms. The summed E-state index contributed by atoms with van der Waals surface area (Å²) < 4.78 is 0. The van der Waals surface area contributed by atoms with Crippen molar-refractivity contribution in [1.29, 1.82) is 0 Å². The van der Waals surface area contributed by atoms with E-state index in [1.165, 1.54) is 16.7 Å². The average Bonchev–Trinajstić information content (AvgIpc) is 2.42. The van der Waals surface area contributed by atoms with E-state index in [1.54, 1.807) is 0 Å². The van der Waals surface area contributed by atoms with E-state index in [0.717, 1.165) is 17.9 Å². The zero-order valence-electron chi connectivity index (χ0n) is 12.8. The molecule has 3 heteroatoms. The number of benzene rings is 1. The molecule has 3 nitrogen and oxygen atoms in total. The van der Waals surface area contributed by atoms with Crippen molar-refractivity contribution in [3.8, 4) is 11.3 Å². The van der Waals surface area contributed by atoms with Crippen LogP contribution in [-0.2, 0) is 5.41 Å². The summed E-state index contributed by atoms with van der Waals surface area (Å²) in [4.78, 5) is 9.21. The van der Waals surface area contributed by atoms with E-state index >= 15 is 0 Å². The summed E-state index contributed by atoms with van der Waals surface area (Å²) in [5, 5.41) is 0. The molecule has 1 heterocycles. The zero-order valence-corrected chi connectivity index (χ0v) is 12.8. The summed E-state index contributed by atoms with van der Waals surface area (Å²) in [7, 11) is 0. The maximum atomic E-state index is 5.69. The number of aryl methyl sites for hydroxylation is 2. The molecule has 0 unspecified atom stereocenters. The van der Waals surface area contributed by atoms with Crippen molar-refractivity contribution in [3.05, 3.63) is 47.4 Å². The molecule has 0 radical (unpaired) electrons. The maximum absolute atomic E-state index is 5.69. The van der Waals surface area contributed by atoms with Crippen LogP contribution in [0.5, 0.6) is 0 Å². The van der Waals surface area contributed by atoms with Gasteiger partial charge in [0.1, 0.15) is 5.82 Å². The summed E-state index contributed by atoms with van der Waals surface area (Å²) in [6.45, 7) is 9.14. The smallest absolute Gasteiger partial charge is 0.134 e. The van der Waals surface area contributed by atoms with Crippen molar-refractivity contribution in [2.24, 2.45) is 5.73 Å². The van der Waals surface area contributed by atoms with Gasteiger partial charge in [-0.1, -0.05) is 31.5 Å². The van der Waals surface area contributed by atoms with Crippen LogP contribution in [0.3, 0.4) is 0 Å². The van der Waals surface area contributed by atoms with Gasteiger partial charge in [-0.15, -0.1) is 0 Å². The van der Waals surface area contributed by atoms with Crippen molar-refractivity contribution < 1.29 is 0 Å². The van der Waals surface area contributed by atoms with Gasteiger partial charge in [-0.25, -0.2) is 9.97 Å². The first-order valence-corrected chi connectivity index (χ1v) is 7.05. The number of aromatic nitrogens is 2. The van der Waals surface area contributed by atoms with Crippen LogP contribution in [0.4, 0.5) is 0 Å². The summed E-state index contributed by atoms with van der Waals surface area (Å²) in [6.07, 6.45) is 2.72. The Morgan fingerprint density at radius 1 is 1.15 bits per heavy atom. The first kappa shape index (κ1) is 14.7. The maximum Gasteiger partial charge on any atom is 0.134 e. The average molecular weight is 269 g/mol. The van der Waals surface area contributed by atoms with Gasteiger partial charge in [0.15, 0.2) is 0 Å². The second kappa shape index (κ2) is 5.71. The Bertz CT molecular complexity index is 603. The highest BCUT2D eigenvalue weighted by Crippen LogP contribution is 2.27. The minimum atomic E-state index is -0.0948. The molecule has 106 valence electrons. The number of nitrogens with two attached hydrogens (primary N) is 1. The van der Waals surface area contributed by atoms with E-state index in [2.05, 4.69) is 50.9 Å². The fraction of sp³-hybridized carbons (Fsp3) is 0.412. The second-order valence-corrected chi connectivity index (χ2v) is 6.01. The molecule has 2 rings (SSSR count). The van der Waals surface area contributed by atoms with Gasteiger partial charge >= 0.3 is 0 Å². The molecule has 20 heavy (non-hydrogen) atoms. The van der Waals surface area contributed by atoms with E-state index < -0.39 is 0 Å². The van der Waals surface area contributed by atoms with Gasteiger partial charge in [0.2, 0.25) is 0 Å². The van der Waals surface area contributed by atoms with Gasteiger partial charge in [-0.05, 0) is 44.5 Å². The van der Waals surface area contributed by atoms with Crippen molar-refractivity contribution >= 4 is 0 Å². The predicted octanol–water partition coefficient (Wildman–Crippen LogP) is 3.39. The van der Waals surface area contributed by atoms with Crippen LogP contribution in [0.1, 0.15) is 37.2 Å². The van der Waals surface area contributed by atoms with Gasteiger partial charge in [0.05, 0.1) is 5.69 Å². The van der Waals surface area contributed by atoms with Crippen LogP contribution in [0.2, 0.25) is 0 Å². The number of hydrogen-bond acceptors (Lipinski definition) is 3. The molecular weight excluding hydrogens is 246 g/mol. The second-order valence-electron chi connectivity index (χ2n) is 6.01. The molecule has 0 aliphatic rings. The van der Waals surface area contributed by atoms with E-state index in [9.17, 15) is 0 Å². The summed E-state index contributed by atoms with van der Waals surface area (Å²) in [5.74, 6) is 0.862. The Balaban J connectivity index is 2.47. The fourth-order valence-corrected chi connectivity index (χ4v) is 2.32. The van der Waals surface area contributed by atoms with Gasteiger partial charge < -0.3 is 5.73 Å². The Kier molecular flexibility index (Phi) is 4.19. The van der Waals surface area contributed by atoms with E-state index in [-0.39, 0.29) is 5.41 Å². The lowest BCUT2D eigenvalue weighted by atomic mass is 9.88. The van der Waals surface area contributed by atoms with Crippen LogP contribution in [-0.4, -0.2) is 16.5 Å². The third kappa shape index (κ3) is 3.05. The fourth-order valence-electron chi connectivity index (χ4n) is 2.32. The number of rotatable bonds is 4. The molecule has 0 saturated heterocycles. The van der Waals surface area contributed by atoms with Gasteiger partial charge in [-0.2, -0.15) is 0 Å². The molecule has 0 aliphatic heterocycles. The molecule has 0 bridgehead atoms. The third-order valence-corrected chi connectivity index (χ3v) is 3.70. The lowest BCUT2D eigenvalue weighted by molar-refractivity contribution is 0.457. The molecule has 1 aromatic carbocycles. The van der Waals surface area contributed by atoms with Crippen molar-refractivity contribution in [2.75, 3.05) is 6.54 Å². The largest absolute Gasteiger partial charge is 0.330 e. The Morgan fingerprint density at radius 2 is 1.90 bits per heavy atom. The monoisotopic (exact) mass is 269 g/mol. The standard InChI is InChI=1S/C17H23N3/c1-12-5-6-13(2)14(11-12)15-7-10-19-16(20-15)17(3,4)8-9-18/h5-7,10-11H,8-9,18H2,1-4H3. The first-order valence-electron chi connectivity index (χ1n) is 7.05. The van der Waals surface area contributed by atoms with Crippen LogP contribution in [0, 0.1) is 13.8 Å². The summed E-state index contributed by atoms with van der Waals surface area (Å²) in [6, 6.07) is 8.41. The van der Waals surface area contributed by atoms with Gasteiger partial charge in [0.25, 0.3) is 0 Å². The zero-order chi connectivity index (χ0) is 14.8. The van der Waals surface area contributed by atoms with Crippen molar-refractivity contribution in [3.63, 3.8) is 0 Å². The minimum absolute atomic E-state index is 0.0948. The van der Waals surface area contributed by atoms with Crippen LogP contribution in [0.25, 0.3) is 11.3 Å².